The van der Waals surface area contributed by atoms with Crippen LogP contribution >= 0.6 is 0 Å². The molecule has 1 aromatic heterocycles. The van der Waals surface area contributed by atoms with Crippen molar-refractivity contribution in [2.45, 2.75) is 71.1 Å². The Kier molecular flexibility index (Phi) is 11.6. The van der Waals surface area contributed by atoms with Crippen LogP contribution in [0.2, 0.25) is 0 Å². The Morgan fingerprint density at radius 2 is 1.57 bits per heavy atom. The van der Waals surface area contributed by atoms with Gasteiger partial charge >= 0.3 is 0 Å². The van der Waals surface area contributed by atoms with Crippen molar-refractivity contribution in [2.75, 3.05) is 6.61 Å². The Balaban J connectivity index is 1.33. The Morgan fingerprint density at radius 3 is 2.26 bits per heavy atom. The quantitative estimate of drug-likeness (QED) is 0.131. The number of nitrogens with zero attached hydrogens (tertiary/aromatic N) is 2. The van der Waals surface area contributed by atoms with Crippen LogP contribution in [0.1, 0.15) is 87.2 Å². The van der Waals surface area contributed by atoms with Gasteiger partial charge in [0.15, 0.2) is 0 Å². The summed E-state index contributed by atoms with van der Waals surface area (Å²) in [5.74, 6) is 0.515. The number of hydrogen-bond donors (Lipinski definition) is 2. The predicted octanol–water partition coefficient (Wildman–Crippen LogP) is 7.14. The molecule has 0 fully saturated rings. The third-order valence-corrected chi connectivity index (χ3v) is 5.92. The molecule has 35 heavy (non-hydrogen) atoms. The molecule has 0 bridgehead atoms. The maximum Gasteiger partial charge on any atom is 0.289 e. The van der Waals surface area contributed by atoms with Gasteiger partial charge in [0.05, 0.1) is 18.5 Å². The number of hydrogen-bond acceptors (Lipinski definition) is 4. The second kappa shape index (κ2) is 15.5. The molecule has 2 N–H and O–H groups in total. The van der Waals surface area contributed by atoms with Crippen LogP contribution in [-0.2, 0) is 0 Å². The minimum atomic E-state index is -0.340. The molecule has 0 aliphatic rings. The fraction of sp³-hybridized carbons (Fsp3) is 0.414. The van der Waals surface area contributed by atoms with E-state index in [1.165, 1.54) is 57.8 Å². The van der Waals surface area contributed by atoms with Crippen molar-refractivity contribution in [3.8, 4) is 17.0 Å². The Morgan fingerprint density at radius 1 is 0.914 bits per heavy atom. The van der Waals surface area contributed by atoms with E-state index in [1.807, 2.05) is 54.6 Å². The van der Waals surface area contributed by atoms with Crippen LogP contribution in [0, 0.1) is 0 Å². The number of carbonyl (C=O) groups excluding carboxylic acids is 1. The smallest absolute Gasteiger partial charge is 0.289 e. The first-order valence-corrected chi connectivity index (χ1v) is 12.9. The van der Waals surface area contributed by atoms with Gasteiger partial charge in [0.25, 0.3) is 5.91 Å². The third kappa shape index (κ3) is 9.77. The lowest BCUT2D eigenvalue weighted by Gasteiger charge is -2.07. The number of rotatable bonds is 16. The number of benzene rings is 2. The normalized spacial score (nSPS) is 11.1. The topological polar surface area (TPSA) is 79.4 Å². The van der Waals surface area contributed by atoms with Crippen molar-refractivity contribution in [3.63, 3.8) is 0 Å². The number of nitrogens with one attached hydrogen (secondary N) is 2. The number of carbonyl (C=O) groups is 1. The molecule has 0 unspecified atom stereocenters. The molecule has 2 aromatic carbocycles. The summed E-state index contributed by atoms with van der Waals surface area (Å²) in [5.41, 5.74) is 5.39. The molecule has 0 radical (unpaired) electrons. The van der Waals surface area contributed by atoms with E-state index in [-0.39, 0.29) is 5.91 Å². The molecule has 0 saturated heterocycles. The summed E-state index contributed by atoms with van der Waals surface area (Å²) in [6, 6.07) is 19.1. The van der Waals surface area contributed by atoms with Crippen LogP contribution in [0.15, 0.2) is 65.8 Å². The van der Waals surface area contributed by atoms with Crippen molar-refractivity contribution in [1.82, 2.24) is 15.6 Å². The van der Waals surface area contributed by atoms with E-state index in [0.717, 1.165) is 29.9 Å². The molecule has 0 aliphatic carbocycles. The van der Waals surface area contributed by atoms with E-state index in [4.69, 9.17) is 4.74 Å². The average Bonchev–Trinajstić information content (AvgIpc) is 3.39. The van der Waals surface area contributed by atoms with Crippen molar-refractivity contribution < 1.29 is 9.53 Å². The van der Waals surface area contributed by atoms with Crippen LogP contribution in [0.3, 0.4) is 0 Å². The molecule has 0 atom stereocenters. The van der Waals surface area contributed by atoms with Gasteiger partial charge in [-0.2, -0.15) is 10.2 Å². The molecule has 1 heterocycles. The first-order valence-electron chi connectivity index (χ1n) is 12.9. The lowest BCUT2D eigenvalue weighted by atomic mass is 10.1. The number of aromatic amines is 1. The Labute approximate surface area is 209 Å². The molecule has 0 spiro atoms. The molecule has 3 rings (SSSR count). The average molecular weight is 475 g/mol. The Bertz CT molecular complexity index is 1010. The molecular formula is C29H38N4O2. The molecule has 0 aliphatic heterocycles. The van der Waals surface area contributed by atoms with Crippen molar-refractivity contribution in [3.05, 3.63) is 71.9 Å². The predicted molar refractivity (Wildman–Crippen MR) is 143 cm³/mol. The van der Waals surface area contributed by atoms with Gasteiger partial charge in [-0.15, -0.1) is 0 Å². The van der Waals surface area contributed by atoms with Gasteiger partial charge in [0, 0.05) is 5.56 Å². The van der Waals surface area contributed by atoms with Gasteiger partial charge in [-0.1, -0.05) is 95.0 Å². The summed E-state index contributed by atoms with van der Waals surface area (Å²) < 4.78 is 5.88. The lowest BCUT2D eigenvalue weighted by molar-refractivity contribution is 0.0950. The number of H-pyrrole nitrogens is 1. The number of unbranched alkanes of at least 4 members (excludes halogenated alkanes) is 9. The van der Waals surface area contributed by atoms with Gasteiger partial charge in [-0.3, -0.25) is 9.89 Å². The summed E-state index contributed by atoms with van der Waals surface area (Å²) in [6.07, 6.45) is 14.8. The van der Waals surface area contributed by atoms with Crippen molar-refractivity contribution in [1.29, 1.82) is 0 Å². The van der Waals surface area contributed by atoms with E-state index < -0.39 is 0 Å². The summed E-state index contributed by atoms with van der Waals surface area (Å²) in [6.45, 7) is 3.00. The number of aromatic nitrogens is 2. The van der Waals surface area contributed by atoms with Crippen LogP contribution in [-0.4, -0.2) is 28.9 Å². The van der Waals surface area contributed by atoms with E-state index in [1.54, 1.807) is 12.3 Å². The highest BCUT2D eigenvalue weighted by atomic mass is 16.5. The fourth-order valence-corrected chi connectivity index (χ4v) is 3.85. The first kappa shape index (κ1) is 26.2. The maximum absolute atomic E-state index is 12.3. The van der Waals surface area contributed by atoms with Gasteiger partial charge in [0.2, 0.25) is 0 Å². The maximum atomic E-state index is 12.3. The zero-order valence-electron chi connectivity index (χ0n) is 20.8. The number of ether oxygens (including phenoxy) is 1. The molecular weight excluding hydrogens is 436 g/mol. The van der Waals surface area contributed by atoms with E-state index in [9.17, 15) is 4.79 Å². The van der Waals surface area contributed by atoms with Crippen molar-refractivity contribution >= 4 is 12.1 Å². The summed E-state index contributed by atoms with van der Waals surface area (Å²) in [5, 5.41) is 11.0. The van der Waals surface area contributed by atoms with Crippen LogP contribution in [0.4, 0.5) is 0 Å². The van der Waals surface area contributed by atoms with Crippen LogP contribution in [0.5, 0.6) is 5.75 Å². The largest absolute Gasteiger partial charge is 0.494 e. The lowest BCUT2D eigenvalue weighted by Crippen LogP contribution is -2.17. The van der Waals surface area contributed by atoms with Gasteiger partial charge in [-0.25, -0.2) is 5.43 Å². The van der Waals surface area contributed by atoms with E-state index in [0.29, 0.717) is 11.4 Å². The second-order valence-corrected chi connectivity index (χ2v) is 8.83. The van der Waals surface area contributed by atoms with E-state index >= 15 is 0 Å². The zero-order valence-corrected chi connectivity index (χ0v) is 20.8. The standard InChI is InChI=1S/C29H38N4O2/c1-2-3-4-5-6-7-8-9-10-14-21-35-26-19-17-25(18-20-26)27-22-28(32-31-27)29(34)33-30-23-24-15-12-11-13-16-24/h11-13,15-20,22-23H,2-10,14,21H2,1H3,(H,31,32)(H,33,34)/b30-23+. The Hall–Kier alpha value is -3.41. The van der Waals surface area contributed by atoms with Crippen LogP contribution < -0.4 is 10.2 Å². The molecule has 1 amide bonds. The SMILES string of the molecule is CCCCCCCCCCCCOc1ccc(-c2cc(C(=O)N/N=C/c3ccccc3)[nH]n2)cc1. The van der Waals surface area contributed by atoms with Gasteiger partial charge in [-0.05, 0) is 42.3 Å². The highest BCUT2D eigenvalue weighted by Crippen LogP contribution is 2.21. The zero-order chi connectivity index (χ0) is 24.6. The third-order valence-electron chi connectivity index (χ3n) is 5.92. The summed E-state index contributed by atoms with van der Waals surface area (Å²) in [7, 11) is 0. The molecule has 186 valence electrons. The summed E-state index contributed by atoms with van der Waals surface area (Å²) in [4.78, 5) is 12.3. The first-order chi connectivity index (χ1) is 17.3. The molecule has 3 aromatic rings. The molecule has 6 heteroatoms. The number of amides is 1. The monoisotopic (exact) mass is 474 g/mol. The van der Waals surface area contributed by atoms with Crippen molar-refractivity contribution in [2.24, 2.45) is 5.10 Å². The van der Waals surface area contributed by atoms with Crippen LogP contribution in [0.25, 0.3) is 11.3 Å². The second-order valence-electron chi connectivity index (χ2n) is 8.83. The fourth-order valence-electron chi connectivity index (χ4n) is 3.85. The highest BCUT2D eigenvalue weighted by molar-refractivity contribution is 5.94. The van der Waals surface area contributed by atoms with E-state index in [2.05, 4.69) is 27.6 Å². The minimum Gasteiger partial charge on any atom is -0.494 e. The molecule has 6 nitrogen and oxygen atoms in total. The molecule has 0 saturated carbocycles. The number of hydrazone groups is 1. The highest BCUT2D eigenvalue weighted by Gasteiger charge is 2.10. The van der Waals surface area contributed by atoms with Gasteiger partial charge in [0.1, 0.15) is 11.4 Å². The minimum absolute atomic E-state index is 0.340. The van der Waals surface area contributed by atoms with Gasteiger partial charge < -0.3 is 4.74 Å². The summed E-state index contributed by atoms with van der Waals surface area (Å²) >= 11 is 0.